The predicted molar refractivity (Wildman–Crippen MR) is 78.4 cm³/mol. The first-order chi connectivity index (χ1) is 8.47. The van der Waals surface area contributed by atoms with Gasteiger partial charge in [0.05, 0.1) is 16.8 Å². The van der Waals surface area contributed by atoms with Gasteiger partial charge in [0.25, 0.3) is 0 Å². The summed E-state index contributed by atoms with van der Waals surface area (Å²) in [6.45, 7) is 6.44. The Morgan fingerprint density at radius 1 is 1.33 bits per heavy atom. The summed E-state index contributed by atoms with van der Waals surface area (Å²) in [4.78, 5) is 4.55. The van der Waals surface area contributed by atoms with Gasteiger partial charge in [-0.3, -0.25) is 0 Å². The van der Waals surface area contributed by atoms with Crippen LogP contribution in [0, 0.1) is 0 Å². The quantitative estimate of drug-likeness (QED) is 0.912. The van der Waals surface area contributed by atoms with Crippen LogP contribution < -0.4 is 0 Å². The molecule has 0 fully saturated rings. The lowest BCUT2D eigenvalue weighted by Gasteiger charge is -2.14. The average molecular weight is 281 g/mol. The number of aliphatic hydroxyl groups is 1. The molecule has 0 radical (unpaired) electrons. The normalized spacial score (nSPS) is 13.8. The fourth-order valence-corrected chi connectivity index (χ4v) is 3.33. The van der Waals surface area contributed by atoms with Gasteiger partial charge in [-0.05, 0) is 35.2 Å². The Morgan fingerprint density at radius 3 is 2.67 bits per heavy atom. The van der Waals surface area contributed by atoms with Gasteiger partial charge < -0.3 is 5.11 Å². The van der Waals surface area contributed by atoms with Crippen LogP contribution in [0.4, 0.5) is 0 Å². The molecule has 0 aliphatic heterocycles. The number of nitrogens with zero attached hydrogens (tertiary/aromatic N) is 1. The Morgan fingerprint density at radius 2 is 2.11 bits per heavy atom. The van der Waals surface area contributed by atoms with Crippen molar-refractivity contribution in [2.75, 3.05) is 0 Å². The second-order valence-electron chi connectivity index (χ2n) is 5.51. The molecule has 0 saturated carbocycles. The van der Waals surface area contributed by atoms with Gasteiger partial charge in [0.1, 0.15) is 0 Å². The van der Waals surface area contributed by atoms with E-state index in [4.69, 9.17) is 0 Å². The van der Waals surface area contributed by atoms with Gasteiger partial charge in [-0.25, -0.2) is 4.98 Å². The number of aromatic nitrogens is 1. The van der Waals surface area contributed by atoms with Crippen molar-refractivity contribution in [2.24, 2.45) is 0 Å². The van der Waals surface area contributed by atoms with E-state index < -0.39 is 6.10 Å². The third-order valence-electron chi connectivity index (χ3n) is 2.79. The molecular weight excluding hydrogens is 262 g/mol. The molecule has 2 rings (SSSR count). The molecule has 2 aromatic heterocycles. The number of aryl methyl sites for hydroxylation is 1. The Labute approximate surface area is 116 Å². The van der Waals surface area contributed by atoms with Gasteiger partial charge in [0, 0.05) is 10.8 Å². The maximum Gasteiger partial charge on any atom is 0.0983 e. The third kappa shape index (κ3) is 3.40. The molecule has 0 bridgehead atoms. The summed E-state index contributed by atoms with van der Waals surface area (Å²) >= 11 is 3.34. The Hall–Kier alpha value is -0.710. The number of thiazole rings is 1. The zero-order valence-electron chi connectivity index (χ0n) is 11.0. The van der Waals surface area contributed by atoms with Crippen LogP contribution in [-0.4, -0.2) is 10.1 Å². The lowest BCUT2D eigenvalue weighted by atomic mass is 9.98. The van der Waals surface area contributed by atoms with Crippen LogP contribution in [0.5, 0.6) is 0 Å². The van der Waals surface area contributed by atoms with E-state index in [-0.39, 0.29) is 5.41 Å². The molecule has 0 aliphatic carbocycles. The molecule has 1 unspecified atom stereocenters. The summed E-state index contributed by atoms with van der Waals surface area (Å²) in [6, 6.07) is 2.11. The average Bonchev–Trinajstić information content (AvgIpc) is 2.96. The predicted octanol–water partition coefficient (Wildman–Crippen LogP) is 4.17. The topological polar surface area (TPSA) is 33.1 Å². The van der Waals surface area contributed by atoms with Gasteiger partial charge >= 0.3 is 0 Å². The Kier molecular flexibility index (Phi) is 4.20. The summed E-state index contributed by atoms with van der Waals surface area (Å²) in [6.07, 6.45) is 1.20. The van der Waals surface area contributed by atoms with Crippen LogP contribution in [-0.2, 0) is 11.8 Å². The molecule has 0 aliphatic rings. The van der Waals surface area contributed by atoms with Gasteiger partial charge in [-0.15, -0.1) is 11.3 Å². The number of aliphatic hydroxyl groups excluding tert-OH is 1. The van der Waals surface area contributed by atoms with Crippen LogP contribution in [0.2, 0.25) is 0 Å². The maximum absolute atomic E-state index is 10.1. The van der Waals surface area contributed by atoms with E-state index in [1.54, 1.807) is 22.7 Å². The molecule has 18 heavy (non-hydrogen) atoms. The number of hydrogen-bond acceptors (Lipinski definition) is 4. The molecule has 0 aromatic carbocycles. The van der Waals surface area contributed by atoms with Crippen molar-refractivity contribution >= 4 is 22.7 Å². The molecule has 0 amide bonds. The van der Waals surface area contributed by atoms with Crippen LogP contribution in [0.3, 0.4) is 0 Å². The van der Waals surface area contributed by atoms with Gasteiger partial charge in [0.15, 0.2) is 0 Å². The summed E-state index contributed by atoms with van der Waals surface area (Å²) < 4.78 is 0. The SMILES string of the molecule is CC(C)(C)c1nc(C(O)CCc2ccsc2)cs1. The van der Waals surface area contributed by atoms with Crippen molar-refractivity contribution in [1.82, 2.24) is 4.98 Å². The van der Waals surface area contributed by atoms with Crippen molar-refractivity contribution in [2.45, 2.75) is 45.1 Å². The highest BCUT2D eigenvalue weighted by molar-refractivity contribution is 7.09. The standard InChI is InChI=1S/C14H19NOS2/c1-14(2,3)13-15-11(9-18-13)12(16)5-4-10-6-7-17-8-10/h6-9,12,16H,4-5H2,1-3H3. The molecule has 98 valence electrons. The first-order valence-electron chi connectivity index (χ1n) is 6.12. The molecule has 2 aromatic rings. The lowest BCUT2D eigenvalue weighted by Crippen LogP contribution is -2.11. The third-order valence-corrected chi connectivity index (χ3v) is 4.81. The van der Waals surface area contributed by atoms with Gasteiger partial charge in [-0.2, -0.15) is 11.3 Å². The number of thiophene rings is 1. The van der Waals surface area contributed by atoms with Crippen LogP contribution >= 0.6 is 22.7 Å². The van der Waals surface area contributed by atoms with Crippen molar-refractivity contribution in [3.63, 3.8) is 0 Å². The van der Waals surface area contributed by atoms with E-state index in [9.17, 15) is 5.11 Å². The van der Waals surface area contributed by atoms with Crippen LogP contribution in [0.15, 0.2) is 22.2 Å². The largest absolute Gasteiger partial charge is 0.387 e. The molecule has 0 saturated heterocycles. The smallest absolute Gasteiger partial charge is 0.0983 e. The zero-order chi connectivity index (χ0) is 13.2. The van der Waals surface area contributed by atoms with Crippen LogP contribution in [0.25, 0.3) is 0 Å². The van der Waals surface area contributed by atoms with Crippen molar-refractivity contribution < 1.29 is 5.11 Å². The highest BCUT2D eigenvalue weighted by atomic mass is 32.1. The minimum absolute atomic E-state index is 0.0655. The van der Waals surface area contributed by atoms with E-state index in [1.807, 2.05) is 5.38 Å². The highest BCUT2D eigenvalue weighted by Gasteiger charge is 2.20. The van der Waals surface area contributed by atoms with Gasteiger partial charge in [-0.1, -0.05) is 20.8 Å². The van der Waals surface area contributed by atoms with E-state index in [2.05, 4.69) is 42.6 Å². The van der Waals surface area contributed by atoms with Crippen molar-refractivity contribution in [3.05, 3.63) is 38.5 Å². The second kappa shape index (κ2) is 5.51. The molecule has 1 N–H and O–H groups in total. The molecule has 4 heteroatoms. The summed E-state index contributed by atoms with van der Waals surface area (Å²) in [7, 11) is 0. The molecule has 1 atom stereocenters. The Balaban J connectivity index is 1.96. The maximum atomic E-state index is 10.1. The zero-order valence-corrected chi connectivity index (χ0v) is 12.6. The summed E-state index contributed by atoms with van der Waals surface area (Å²) in [5, 5.41) is 17.4. The lowest BCUT2D eigenvalue weighted by molar-refractivity contribution is 0.163. The highest BCUT2D eigenvalue weighted by Crippen LogP contribution is 2.29. The van der Waals surface area contributed by atoms with Crippen molar-refractivity contribution in [3.8, 4) is 0 Å². The molecule has 2 nitrogen and oxygen atoms in total. The monoisotopic (exact) mass is 281 g/mol. The minimum Gasteiger partial charge on any atom is -0.387 e. The first kappa shape index (κ1) is 13.7. The summed E-state index contributed by atoms with van der Waals surface area (Å²) in [5.74, 6) is 0. The van der Waals surface area contributed by atoms with Crippen molar-refractivity contribution in [1.29, 1.82) is 0 Å². The van der Waals surface area contributed by atoms with Crippen LogP contribution in [0.1, 0.15) is 49.6 Å². The van der Waals surface area contributed by atoms with E-state index in [0.717, 1.165) is 23.5 Å². The number of rotatable bonds is 4. The van der Waals surface area contributed by atoms with Gasteiger partial charge in [0.2, 0.25) is 0 Å². The minimum atomic E-state index is -0.447. The summed E-state index contributed by atoms with van der Waals surface area (Å²) in [5.41, 5.74) is 2.18. The fraction of sp³-hybridized carbons (Fsp3) is 0.500. The molecule has 0 spiro atoms. The number of hydrogen-bond donors (Lipinski definition) is 1. The second-order valence-corrected chi connectivity index (χ2v) is 7.15. The fourth-order valence-electron chi connectivity index (χ4n) is 1.67. The molecule has 2 heterocycles. The van der Waals surface area contributed by atoms with E-state index in [0.29, 0.717) is 0 Å². The molecular formula is C14H19NOS2. The van der Waals surface area contributed by atoms with E-state index >= 15 is 0 Å². The Bertz CT molecular complexity index is 482. The first-order valence-corrected chi connectivity index (χ1v) is 7.94. The van der Waals surface area contributed by atoms with E-state index in [1.165, 1.54) is 5.56 Å².